The van der Waals surface area contributed by atoms with Crippen molar-refractivity contribution in [3.8, 4) is 11.5 Å². The molecule has 1 amide bonds. The molecule has 4 nitrogen and oxygen atoms in total. The fourth-order valence-electron chi connectivity index (χ4n) is 3.23. The number of amides is 1. The molecule has 34 heavy (non-hydrogen) atoms. The number of benzene rings is 3. The highest BCUT2D eigenvalue weighted by atomic mass is 79.9. The predicted molar refractivity (Wildman–Crippen MR) is 151 cm³/mol. The molecule has 0 N–H and O–H groups in total. The molecule has 3 aromatic rings. The quantitative estimate of drug-likeness (QED) is 0.196. The van der Waals surface area contributed by atoms with E-state index in [9.17, 15) is 4.79 Å². The largest absolute Gasteiger partial charge is 0.495 e. The number of thioether (sulfide) groups is 1. The van der Waals surface area contributed by atoms with Crippen molar-refractivity contribution in [1.29, 1.82) is 0 Å². The van der Waals surface area contributed by atoms with Gasteiger partial charge in [0.25, 0.3) is 5.91 Å². The number of halogens is 4. The van der Waals surface area contributed by atoms with Gasteiger partial charge in [-0.2, -0.15) is 0 Å². The fraction of sp³-hybridized carbons (Fsp3) is 0.0833. The van der Waals surface area contributed by atoms with Gasteiger partial charge in [-0.15, -0.1) is 0 Å². The lowest BCUT2D eigenvalue weighted by molar-refractivity contribution is -0.113. The second kappa shape index (κ2) is 11.0. The molecule has 1 aliphatic heterocycles. The summed E-state index contributed by atoms with van der Waals surface area (Å²) in [4.78, 5) is 15.2. The van der Waals surface area contributed by atoms with Gasteiger partial charge >= 0.3 is 0 Å². The highest BCUT2D eigenvalue weighted by Crippen LogP contribution is 2.41. The van der Waals surface area contributed by atoms with Crippen LogP contribution in [0.15, 0.2) is 68.4 Å². The lowest BCUT2D eigenvalue weighted by atomic mass is 10.2. The minimum atomic E-state index is -0.204. The number of carbonyl (C=O) groups excluding carboxylic acids is 1. The number of carbonyl (C=O) groups is 1. The molecule has 0 spiro atoms. The summed E-state index contributed by atoms with van der Waals surface area (Å²) in [5.74, 6) is 0.988. The Labute approximate surface area is 233 Å². The molecule has 0 bridgehead atoms. The lowest BCUT2D eigenvalue weighted by Gasteiger charge is -2.17. The van der Waals surface area contributed by atoms with Crippen LogP contribution in [-0.4, -0.2) is 17.3 Å². The zero-order valence-corrected chi connectivity index (χ0v) is 23.8. The Morgan fingerprint density at radius 2 is 1.79 bits per heavy atom. The van der Waals surface area contributed by atoms with E-state index in [2.05, 4.69) is 31.9 Å². The van der Waals surface area contributed by atoms with Gasteiger partial charge in [-0.3, -0.25) is 9.69 Å². The normalized spacial score (nSPS) is 14.7. The van der Waals surface area contributed by atoms with Crippen LogP contribution in [0.5, 0.6) is 11.5 Å². The van der Waals surface area contributed by atoms with E-state index in [0.717, 1.165) is 20.1 Å². The van der Waals surface area contributed by atoms with Gasteiger partial charge < -0.3 is 9.47 Å². The monoisotopic (exact) mass is 657 g/mol. The maximum Gasteiger partial charge on any atom is 0.270 e. The van der Waals surface area contributed by atoms with Crippen molar-refractivity contribution in [1.82, 2.24) is 0 Å². The molecule has 0 atom stereocenters. The molecule has 10 heteroatoms. The van der Waals surface area contributed by atoms with E-state index in [1.54, 1.807) is 37.5 Å². The van der Waals surface area contributed by atoms with E-state index >= 15 is 0 Å². The SMILES string of the molecule is COc1ccccc1N1C(=O)/C(=C\c2cc(Br)c(OCc3ccc(Cl)cc3Cl)c(Br)c2)SC1=S. The average Bonchev–Trinajstić information content (AvgIpc) is 3.06. The Kier molecular flexibility index (Phi) is 8.28. The van der Waals surface area contributed by atoms with Crippen molar-refractivity contribution < 1.29 is 14.3 Å². The molecule has 0 radical (unpaired) electrons. The summed E-state index contributed by atoms with van der Waals surface area (Å²) >= 11 is 26.1. The first-order valence-corrected chi connectivity index (χ1v) is 13.3. The first-order valence-electron chi connectivity index (χ1n) is 9.75. The van der Waals surface area contributed by atoms with Crippen LogP contribution in [0.25, 0.3) is 6.08 Å². The first-order chi connectivity index (χ1) is 16.3. The second-order valence-electron chi connectivity index (χ2n) is 7.03. The van der Waals surface area contributed by atoms with E-state index < -0.39 is 0 Å². The van der Waals surface area contributed by atoms with Crippen molar-refractivity contribution >= 4 is 101 Å². The van der Waals surface area contributed by atoms with E-state index in [4.69, 9.17) is 44.9 Å². The number of anilines is 1. The summed E-state index contributed by atoms with van der Waals surface area (Å²) in [5.41, 5.74) is 2.23. The van der Waals surface area contributed by atoms with Gasteiger partial charge in [0.05, 0.1) is 26.6 Å². The Bertz CT molecular complexity index is 1310. The summed E-state index contributed by atoms with van der Waals surface area (Å²) < 4.78 is 13.3. The van der Waals surface area contributed by atoms with Crippen molar-refractivity contribution in [2.45, 2.75) is 6.61 Å². The maximum absolute atomic E-state index is 13.2. The van der Waals surface area contributed by atoms with Gasteiger partial charge in [-0.05, 0) is 79.9 Å². The molecule has 0 saturated carbocycles. The molecular formula is C24H15Br2Cl2NO3S2. The number of ether oxygens (including phenoxy) is 2. The van der Waals surface area contributed by atoms with Gasteiger partial charge in [0.15, 0.2) is 4.32 Å². The third-order valence-electron chi connectivity index (χ3n) is 4.83. The van der Waals surface area contributed by atoms with Crippen molar-refractivity contribution in [2.24, 2.45) is 0 Å². The molecule has 3 aromatic carbocycles. The van der Waals surface area contributed by atoms with Crippen LogP contribution in [0.3, 0.4) is 0 Å². The maximum atomic E-state index is 13.2. The summed E-state index contributed by atoms with van der Waals surface area (Å²) in [7, 11) is 1.56. The predicted octanol–water partition coefficient (Wildman–Crippen LogP) is 8.51. The third kappa shape index (κ3) is 5.48. The third-order valence-corrected chi connectivity index (χ3v) is 7.89. The molecule has 1 fully saturated rings. The zero-order chi connectivity index (χ0) is 24.4. The summed E-state index contributed by atoms with van der Waals surface area (Å²) in [5, 5.41) is 1.10. The van der Waals surface area contributed by atoms with Gasteiger partial charge in [0, 0.05) is 15.6 Å². The van der Waals surface area contributed by atoms with Crippen molar-refractivity contribution in [3.05, 3.63) is 89.6 Å². The molecule has 174 valence electrons. The molecule has 0 aromatic heterocycles. The Morgan fingerprint density at radius 1 is 1.09 bits per heavy atom. The molecule has 4 rings (SSSR count). The van der Waals surface area contributed by atoms with Crippen LogP contribution in [0.2, 0.25) is 10.0 Å². The van der Waals surface area contributed by atoms with Gasteiger partial charge in [-0.25, -0.2) is 0 Å². The van der Waals surface area contributed by atoms with E-state index in [0.29, 0.717) is 36.5 Å². The Balaban J connectivity index is 1.56. The number of methoxy groups -OCH3 is 1. The number of hydrogen-bond acceptors (Lipinski definition) is 5. The number of para-hydroxylation sites is 2. The number of rotatable bonds is 6. The topological polar surface area (TPSA) is 38.8 Å². The first kappa shape index (κ1) is 25.5. The van der Waals surface area contributed by atoms with Gasteiger partial charge in [-0.1, -0.05) is 65.4 Å². The van der Waals surface area contributed by atoms with Crippen LogP contribution >= 0.6 is 79.0 Å². The van der Waals surface area contributed by atoms with E-state index in [-0.39, 0.29) is 12.5 Å². The highest BCUT2D eigenvalue weighted by Gasteiger charge is 2.34. The van der Waals surface area contributed by atoms with Crippen molar-refractivity contribution in [3.63, 3.8) is 0 Å². The molecule has 0 aliphatic carbocycles. The number of thiocarbonyl (C=S) groups is 1. The smallest absolute Gasteiger partial charge is 0.270 e. The summed E-state index contributed by atoms with van der Waals surface area (Å²) in [6.07, 6.45) is 1.80. The Hall–Kier alpha value is -1.55. The van der Waals surface area contributed by atoms with E-state index in [1.807, 2.05) is 30.3 Å². The Morgan fingerprint density at radius 3 is 2.47 bits per heavy atom. The summed E-state index contributed by atoms with van der Waals surface area (Å²) in [6.45, 7) is 0.268. The van der Waals surface area contributed by atoms with Gasteiger partial charge in [0.1, 0.15) is 18.1 Å². The molecule has 1 aliphatic rings. The summed E-state index contributed by atoms with van der Waals surface area (Å²) in [6, 6.07) is 16.3. The fourth-order valence-corrected chi connectivity index (χ4v) is 6.43. The minimum absolute atomic E-state index is 0.204. The zero-order valence-electron chi connectivity index (χ0n) is 17.5. The minimum Gasteiger partial charge on any atom is -0.495 e. The standard InChI is InChI=1S/C24H15Br2Cl2NO3S2/c1-31-20-5-3-2-4-19(20)29-23(30)21(34-24(29)33)10-13-8-16(25)22(17(26)9-13)32-12-14-6-7-15(27)11-18(14)28/h2-11H,12H2,1H3/b21-10+. The number of nitrogens with zero attached hydrogens (tertiary/aromatic N) is 1. The van der Waals surface area contributed by atoms with Crippen LogP contribution in [-0.2, 0) is 11.4 Å². The van der Waals surface area contributed by atoms with Crippen LogP contribution < -0.4 is 14.4 Å². The van der Waals surface area contributed by atoms with Crippen LogP contribution in [0, 0.1) is 0 Å². The van der Waals surface area contributed by atoms with E-state index in [1.165, 1.54) is 16.7 Å². The lowest BCUT2D eigenvalue weighted by Crippen LogP contribution is -2.27. The molecule has 0 unspecified atom stereocenters. The number of hydrogen-bond donors (Lipinski definition) is 0. The highest BCUT2D eigenvalue weighted by molar-refractivity contribution is 9.11. The van der Waals surface area contributed by atoms with Crippen LogP contribution in [0.1, 0.15) is 11.1 Å². The van der Waals surface area contributed by atoms with Crippen LogP contribution in [0.4, 0.5) is 5.69 Å². The van der Waals surface area contributed by atoms with Crippen molar-refractivity contribution in [2.75, 3.05) is 12.0 Å². The molecular weight excluding hydrogens is 645 g/mol. The molecule has 1 saturated heterocycles. The second-order valence-corrected chi connectivity index (χ2v) is 11.3. The molecule has 1 heterocycles. The van der Waals surface area contributed by atoms with Gasteiger partial charge in [0.2, 0.25) is 0 Å². The average molecular weight is 660 g/mol.